The van der Waals surface area contributed by atoms with Gasteiger partial charge in [-0.05, 0) is 48.1 Å². The van der Waals surface area contributed by atoms with Gasteiger partial charge in [0, 0.05) is 24.1 Å². The second-order valence-corrected chi connectivity index (χ2v) is 6.24. The van der Waals surface area contributed by atoms with Gasteiger partial charge in [-0.1, -0.05) is 19.9 Å². The van der Waals surface area contributed by atoms with Crippen LogP contribution in [0.1, 0.15) is 19.4 Å². The molecule has 1 aromatic rings. The molecule has 0 unspecified atom stereocenters. The van der Waals surface area contributed by atoms with Crippen LogP contribution in [0.3, 0.4) is 0 Å². The lowest BCUT2D eigenvalue weighted by atomic mass is 10.1. The fraction of sp³-hybridized carbons (Fsp3) is 0.533. The van der Waals surface area contributed by atoms with Gasteiger partial charge in [-0.25, -0.2) is 0 Å². The van der Waals surface area contributed by atoms with E-state index in [4.69, 9.17) is 0 Å². The maximum Gasteiger partial charge on any atom is 0.103 e. The van der Waals surface area contributed by atoms with Crippen molar-refractivity contribution in [3.8, 4) is 6.07 Å². The summed E-state index contributed by atoms with van der Waals surface area (Å²) < 4.78 is 0.867. The molecule has 3 nitrogen and oxygen atoms in total. The minimum Gasteiger partial charge on any atom is -0.369 e. The van der Waals surface area contributed by atoms with E-state index in [1.54, 1.807) is 0 Å². The molecule has 4 heteroatoms. The molecule has 1 aromatic carbocycles. The Kier molecular flexibility index (Phi) is 6.33. The molecule has 0 spiro atoms. The molecule has 0 fully saturated rings. The van der Waals surface area contributed by atoms with E-state index in [1.165, 1.54) is 0 Å². The van der Waals surface area contributed by atoms with Crippen LogP contribution in [-0.4, -0.2) is 38.6 Å². The van der Waals surface area contributed by atoms with Crippen molar-refractivity contribution in [2.45, 2.75) is 13.8 Å². The minimum absolute atomic E-state index is 0.563. The third-order valence-electron chi connectivity index (χ3n) is 2.85. The Hall–Kier alpha value is -1.05. The molecular weight excluding hydrogens is 302 g/mol. The van der Waals surface area contributed by atoms with E-state index in [2.05, 4.69) is 59.7 Å². The molecule has 0 saturated carbocycles. The van der Waals surface area contributed by atoms with E-state index in [0.717, 1.165) is 35.4 Å². The van der Waals surface area contributed by atoms with Crippen LogP contribution in [0.5, 0.6) is 0 Å². The number of likely N-dealkylation sites (N-methyl/N-ethyl adjacent to an activating group) is 1. The second kappa shape index (κ2) is 7.52. The number of halogens is 1. The first-order chi connectivity index (χ1) is 8.95. The number of nitrogens with zero attached hydrogens (tertiary/aromatic N) is 3. The zero-order valence-corrected chi connectivity index (χ0v) is 13.7. The Bertz CT molecular complexity index is 449. The molecule has 0 atom stereocenters. The van der Waals surface area contributed by atoms with Gasteiger partial charge in [-0.15, -0.1) is 0 Å². The van der Waals surface area contributed by atoms with Gasteiger partial charge < -0.3 is 9.80 Å². The molecular formula is C15H22BrN3. The van der Waals surface area contributed by atoms with E-state index in [0.29, 0.717) is 5.92 Å². The lowest BCUT2D eigenvalue weighted by Gasteiger charge is -2.29. The Balaban J connectivity index is 3.03. The highest BCUT2D eigenvalue weighted by molar-refractivity contribution is 9.10. The number of hydrogen-bond acceptors (Lipinski definition) is 3. The number of nitriles is 1. The van der Waals surface area contributed by atoms with Gasteiger partial charge in [0.15, 0.2) is 0 Å². The van der Waals surface area contributed by atoms with E-state index in [9.17, 15) is 5.26 Å². The quantitative estimate of drug-likeness (QED) is 0.804. The standard InChI is InChI=1S/C15H22BrN3/c1-12(2)11-19(9-8-18(3)4)15-7-5-6-14(16)13(15)10-17/h5-7,12H,8-9,11H2,1-4H3. The van der Waals surface area contributed by atoms with E-state index in [1.807, 2.05) is 18.2 Å². The second-order valence-electron chi connectivity index (χ2n) is 5.39. The number of rotatable bonds is 6. The van der Waals surface area contributed by atoms with Gasteiger partial charge in [0.05, 0.1) is 11.3 Å². The van der Waals surface area contributed by atoms with E-state index in [-0.39, 0.29) is 0 Å². The first-order valence-corrected chi connectivity index (χ1v) is 7.33. The average molecular weight is 324 g/mol. The summed E-state index contributed by atoms with van der Waals surface area (Å²) in [5, 5.41) is 9.34. The largest absolute Gasteiger partial charge is 0.369 e. The topological polar surface area (TPSA) is 30.3 Å². The van der Waals surface area contributed by atoms with Crippen LogP contribution in [0.2, 0.25) is 0 Å². The van der Waals surface area contributed by atoms with Gasteiger partial charge in [0.2, 0.25) is 0 Å². The van der Waals surface area contributed by atoms with Crippen molar-refractivity contribution in [1.29, 1.82) is 5.26 Å². The Morgan fingerprint density at radius 1 is 1.26 bits per heavy atom. The molecule has 0 aliphatic carbocycles. The molecule has 0 heterocycles. The maximum atomic E-state index is 9.34. The molecule has 19 heavy (non-hydrogen) atoms. The maximum absolute atomic E-state index is 9.34. The third kappa shape index (κ3) is 4.85. The summed E-state index contributed by atoms with van der Waals surface area (Å²) >= 11 is 3.46. The molecule has 104 valence electrons. The molecule has 0 saturated heterocycles. The van der Waals surface area contributed by atoms with Crippen LogP contribution in [-0.2, 0) is 0 Å². The van der Waals surface area contributed by atoms with Gasteiger partial charge >= 0.3 is 0 Å². The highest BCUT2D eigenvalue weighted by Gasteiger charge is 2.14. The smallest absolute Gasteiger partial charge is 0.103 e. The molecule has 0 amide bonds. The van der Waals surface area contributed by atoms with Crippen molar-refractivity contribution in [3.63, 3.8) is 0 Å². The van der Waals surface area contributed by atoms with Crippen molar-refractivity contribution in [1.82, 2.24) is 4.90 Å². The van der Waals surface area contributed by atoms with Crippen LogP contribution in [0.15, 0.2) is 22.7 Å². The zero-order valence-electron chi connectivity index (χ0n) is 12.2. The zero-order chi connectivity index (χ0) is 14.4. The Morgan fingerprint density at radius 2 is 1.95 bits per heavy atom. The van der Waals surface area contributed by atoms with Crippen molar-refractivity contribution in [2.75, 3.05) is 38.6 Å². The number of benzene rings is 1. The number of hydrogen-bond donors (Lipinski definition) is 0. The lowest BCUT2D eigenvalue weighted by molar-refractivity contribution is 0.409. The SMILES string of the molecule is CC(C)CN(CCN(C)C)c1cccc(Br)c1C#N. The first kappa shape index (κ1) is 16.0. The summed E-state index contributed by atoms with van der Waals surface area (Å²) in [7, 11) is 4.14. The van der Waals surface area contributed by atoms with Gasteiger partial charge in [-0.2, -0.15) is 5.26 Å². The van der Waals surface area contributed by atoms with Crippen LogP contribution < -0.4 is 4.90 Å². The lowest BCUT2D eigenvalue weighted by Crippen LogP contribution is -2.34. The average Bonchev–Trinajstić information content (AvgIpc) is 2.33. The third-order valence-corrected chi connectivity index (χ3v) is 3.51. The summed E-state index contributed by atoms with van der Waals surface area (Å²) in [6.07, 6.45) is 0. The summed E-state index contributed by atoms with van der Waals surface area (Å²) in [6.45, 7) is 7.26. The molecule has 0 radical (unpaired) electrons. The summed E-state index contributed by atoms with van der Waals surface area (Å²) in [5.74, 6) is 0.563. The van der Waals surface area contributed by atoms with Gasteiger partial charge in [-0.3, -0.25) is 0 Å². The van der Waals surface area contributed by atoms with Crippen LogP contribution >= 0.6 is 15.9 Å². The van der Waals surface area contributed by atoms with Crippen molar-refractivity contribution < 1.29 is 0 Å². The monoisotopic (exact) mass is 323 g/mol. The molecule has 1 rings (SSSR count). The van der Waals surface area contributed by atoms with E-state index < -0.39 is 0 Å². The molecule has 0 aliphatic rings. The fourth-order valence-corrected chi connectivity index (χ4v) is 2.40. The highest BCUT2D eigenvalue weighted by atomic mass is 79.9. The fourth-order valence-electron chi connectivity index (χ4n) is 1.96. The van der Waals surface area contributed by atoms with Crippen LogP contribution in [0.25, 0.3) is 0 Å². The summed E-state index contributed by atoms with van der Waals surface area (Å²) in [4.78, 5) is 4.46. The summed E-state index contributed by atoms with van der Waals surface area (Å²) in [5.41, 5.74) is 1.74. The predicted molar refractivity (Wildman–Crippen MR) is 84.5 cm³/mol. The van der Waals surface area contributed by atoms with Crippen LogP contribution in [0.4, 0.5) is 5.69 Å². The Morgan fingerprint density at radius 3 is 2.47 bits per heavy atom. The van der Waals surface area contributed by atoms with Crippen molar-refractivity contribution in [2.24, 2.45) is 5.92 Å². The van der Waals surface area contributed by atoms with Crippen molar-refractivity contribution >= 4 is 21.6 Å². The summed E-state index contributed by atoms with van der Waals surface area (Å²) in [6, 6.07) is 8.24. The molecule has 0 aliphatic heterocycles. The Labute approximate surface area is 124 Å². The molecule has 0 bridgehead atoms. The minimum atomic E-state index is 0.563. The highest BCUT2D eigenvalue weighted by Crippen LogP contribution is 2.27. The number of anilines is 1. The van der Waals surface area contributed by atoms with Crippen LogP contribution in [0, 0.1) is 17.2 Å². The van der Waals surface area contributed by atoms with E-state index >= 15 is 0 Å². The van der Waals surface area contributed by atoms with Gasteiger partial charge in [0.25, 0.3) is 0 Å². The molecule has 0 N–H and O–H groups in total. The molecule has 0 aromatic heterocycles. The van der Waals surface area contributed by atoms with Crippen molar-refractivity contribution in [3.05, 3.63) is 28.2 Å². The predicted octanol–water partition coefficient (Wildman–Crippen LogP) is 3.34. The van der Waals surface area contributed by atoms with Gasteiger partial charge in [0.1, 0.15) is 6.07 Å². The first-order valence-electron chi connectivity index (χ1n) is 6.54. The normalized spacial score (nSPS) is 10.8.